The predicted octanol–water partition coefficient (Wildman–Crippen LogP) is 4.73. The zero-order chi connectivity index (χ0) is 25.6. The maximum absolute atomic E-state index is 13.8. The van der Waals surface area contributed by atoms with Gasteiger partial charge in [0.25, 0.3) is 10.0 Å². The Morgan fingerprint density at radius 2 is 1.77 bits per heavy atom. The highest BCUT2D eigenvalue weighted by Gasteiger charge is 2.29. The fourth-order valence-corrected chi connectivity index (χ4v) is 4.82. The van der Waals surface area contributed by atoms with Gasteiger partial charge in [-0.3, -0.25) is 9.10 Å². The van der Waals surface area contributed by atoms with E-state index >= 15 is 0 Å². The second-order valence-electron chi connectivity index (χ2n) is 7.14. The summed E-state index contributed by atoms with van der Waals surface area (Å²) < 4.78 is 57.7. The molecule has 0 aliphatic rings. The number of ether oxygens (including phenoxy) is 3. The molecule has 8 nitrogen and oxygen atoms in total. The molecule has 0 saturated heterocycles. The summed E-state index contributed by atoms with van der Waals surface area (Å²) in [6, 6.07) is 14.1. The minimum Gasteiger partial charge on any atom is -0.494 e. The third-order valence-electron chi connectivity index (χ3n) is 4.85. The van der Waals surface area contributed by atoms with Gasteiger partial charge in [0.05, 0.1) is 36.4 Å². The number of sulfonamides is 1. The lowest BCUT2D eigenvalue weighted by atomic mass is 10.3. The number of halogens is 2. The average Bonchev–Trinajstić information content (AvgIpc) is 2.84. The highest BCUT2D eigenvalue weighted by Crippen LogP contribution is 2.33. The van der Waals surface area contributed by atoms with Crippen molar-refractivity contribution in [3.05, 3.63) is 71.5 Å². The monoisotopic (exact) mass is 522 g/mol. The summed E-state index contributed by atoms with van der Waals surface area (Å²) in [4.78, 5) is 12.7. The van der Waals surface area contributed by atoms with Crippen LogP contribution in [0.15, 0.2) is 65.6 Å². The van der Waals surface area contributed by atoms with Crippen LogP contribution in [0.5, 0.6) is 17.2 Å². The van der Waals surface area contributed by atoms with E-state index in [9.17, 15) is 17.6 Å². The molecule has 0 radical (unpaired) electrons. The summed E-state index contributed by atoms with van der Waals surface area (Å²) >= 11 is 5.91. The second-order valence-corrected chi connectivity index (χ2v) is 9.41. The lowest BCUT2D eigenvalue weighted by molar-refractivity contribution is -0.114. The molecule has 1 N–H and O–H groups in total. The van der Waals surface area contributed by atoms with Gasteiger partial charge in [-0.15, -0.1) is 0 Å². The molecule has 3 rings (SSSR count). The molecule has 0 unspecified atom stereocenters. The van der Waals surface area contributed by atoms with Gasteiger partial charge in [-0.05, 0) is 49.4 Å². The maximum Gasteiger partial charge on any atom is 0.264 e. The molecule has 1 amide bonds. The van der Waals surface area contributed by atoms with Crippen LogP contribution < -0.4 is 23.8 Å². The Hall–Kier alpha value is -3.50. The van der Waals surface area contributed by atoms with Gasteiger partial charge in [0.2, 0.25) is 5.91 Å². The second kappa shape index (κ2) is 11.3. The van der Waals surface area contributed by atoms with Crippen LogP contribution in [-0.4, -0.2) is 41.7 Å². The zero-order valence-corrected chi connectivity index (χ0v) is 20.8. The van der Waals surface area contributed by atoms with E-state index in [1.165, 1.54) is 38.5 Å². The average molecular weight is 523 g/mol. The SMILES string of the molecule is CCOc1cccc(NC(=O)CN(c2ccc(F)c(Cl)c2)S(=O)(=O)c2ccc(OC)c(OC)c2)c1. The van der Waals surface area contributed by atoms with Crippen LogP contribution >= 0.6 is 11.6 Å². The molecule has 186 valence electrons. The van der Waals surface area contributed by atoms with Gasteiger partial charge < -0.3 is 19.5 Å². The van der Waals surface area contributed by atoms with E-state index in [1.807, 2.05) is 6.92 Å². The van der Waals surface area contributed by atoms with Crippen LogP contribution in [0, 0.1) is 5.82 Å². The lowest BCUT2D eigenvalue weighted by Gasteiger charge is -2.25. The van der Waals surface area contributed by atoms with E-state index in [1.54, 1.807) is 24.3 Å². The molecule has 0 aliphatic heterocycles. The number of hydrogen-bond donors (Lipinski definition) is 1. The molecule has 0 atom stereocenters. The Labute approximate surface area is 208 Å². The number of nitrogens with zero attached hydrogens (tertiary/aromatic N) is 1. The van der Waals surface area contributed by atoms with Crippen LogP contribution in [0.25, 0.3) is 0 Å². The fraction of sp³-hybridized carbons (Fsp3) is 0.208. The number of rotatable bonds is 10. The molecular weight excluding hydrogens is 499 g/mol. The van der Waals surface area contributed by atoms with Gasteiger partial charge in [0.15, 0.2) is 11.5 Å². The number of benzene rings is 3. The highest BCUT2D eigenvalue weighted by atomic mass is 35.5. The van der Waals surface area contributed by atoms with Gasteiger partial charge in [-0.25, -0.2) is 12.8 Å². The molecule has 0 aromatic heterocycles. The van der Waals surface area contributed by atoms with Crippen LogP contribution in [0.4, 0.5) is 15.8 Å². The van der Waals surface area contributed by atoms with Crippen molar-refractivity contribution in [2.45, 2.75) is 11.8 Å². The molecule has 0 heterocycles. The summed E-state index contributed by atoms with van der Waals surface area (Å²) in [6.45, 7) is 1.66. The van der Waals surface area contributed by atoms with E-state index in [0.717, 1.165) is 16.4 Å². The van der Waals surface area contributed by atoms with Crippen molar-refractivity contribution in [2.24, 2.45) is 0 Å². The smallest absolute Gasteiger partial charge is 0.264 e. The Morgan fingerprint density at radius 3 is 2.43 bits per heavy atom. The number of nitrogens with one attached hydrogen (secondary N) is 1. The minimum atomic E-state index is -4.31. The number of amides is 1. The largest absolute Gasteiger partial charge is 0.494 e. The zero-order valence-electron chi connectivity index (χ0n) is 19.2. The quantitative estimate of drug-likeness (QED) is 0.414. The summed E-state index contributed by atoms with van der Waals surface area (Å²) in [6.07, 6.45) is 0. The van der Waals surface area contributed by atoms with Crippen LogP contribution in [0.1, 0.15) is 6.92 Å². The Kier molecular flexibility index (Phi) is 8.42. The number of anilines is 2. The molecule has 0 spiro atoms. The van der Waals surface area contributed by atoms with Gasteiger partial charge in [-0.2, -0.15) is 0 Å². The summed E-state index contributed by atoms with van der Waals surface area (Å²) in [5.74, 6) is -0.303. The predicted molar refractivity (Wildman–Crippen MR) is 132 cm³/mol. The van der Waals surface area contributed by atoms with Gasteiger partial charge >= 0.3 is 0 Å². The topological polar surface area (TPSA) is 94.2 Å². The minimum absolute atomic E-state index is 0.00408. The Balaban J connectivity index is 1.99. The van der Waals surface area contributed by atoms with Crippen molar-refractivity contribution in [3.8, 4) is 17.2 Å². The Morgan fingerprint density at radius 1 is 1.03 bits per heavy atom. The molecular formula is C24H24ClFN2O6S. The Bertz CT molecular complexity index is 1320. The fourth-order valence-electron chi connectivity index (χ4n) is 3.22. The van der Waals surface area contributed by atoms with Crippen molar-refractivity contribution in [3.63, 3.8) is 0 Å². The van der Waals surface area contributed by atoms with Gasteiger partial charge in [0, 0.05) is 17.8 Å². The van der Waals surface area contributed by atoms with Crippen molar-refractivity contribution < 1.29 is 31.8 Å². The van der Waals surface area contributed by atoms with Gasteiger partial charge in [0.1, 0.15) is 18.1 Å². The highest BCUT2D eigenvalue weighted by molar-refractivity contribution is 7.92. The van der Waals surface area contributed by atoms with Crippen molar-refractivity contribution in [2.75, 3.05) is 37.0 Å². The first kappa shape index (κ1) is 26.1. The first-order valence-corrected chi connectivity index (χ1v) is 12.2. The van der Waals surface area contributed by atoms with E-state index in [0.29, 0.717) is 23.8 Å². The molecule has 3 aromatic carbocycles. The van der Waals surface area contributed by atoms with E-state index in [2.05, 4.69) is 5.32 Å². The number of carbonyl (C=O) groups is 1. The molecule has 35 heavy (non-hydrogen) atoms. The molecule has 0 saturated carbocycles. The number of hydrogen-bond acceptors (Lipinski definition) is 6. The summed E-state index contributed by atoms with van der Waals surface area (Å²) in [5.41, 5.74) is 0.422. The number of carbonyl (C=O) groups excluding carboxylic acids is 1. The molecule has 0 fully saturated rings. The molecule has 11 heteroatoms. The first-order chi connectivity index (χ1) is 16.7. The molecule has 0 bridgehead atoms. The van der Waals surface area contributed by atoms with Crippen molar-refractivity contribution in [1.29, 1.82) is 0 Å². The standard InChI is InChI=1S/C24H24ClFN2O6S/c1-4-34-18-7-5-6-16(12-18)27-24(29)15-28(17-8-10-21(26)20(25)13-17)35(30,31)19-9-11-22(32-2)23(14-19)33-3/h5-14H,4,15H2,1-3H3,(H,27,29). The van der Waals surface area contributed by atoms with Crippen LogP contribution in [0.3, 0.4) is 0 Å². The third kappa shape index (κ3) is 6.14. The summed E-state index contributed by atoms with van der Waals surface area (Å²) in [7, 11) is -1.52. The summed E-state index contributed by atoms with van der Waals surface area (Å²) in [5, 5.41) is 2.36. The van der Waals surface area contributed by atoms with Crippen molar-refractivity contribution >= 4 is 38.9 Å². The van der Waals surface area contributed by atoms with E-state index in [-0.39, 0.29) is 21.4 Å². The van der Waals surface area contributed by atoms with Crippen LogP contribution in [-0.2, 0) is 14.8 Å². The maximum atomic E-state index is 13.8. The van der Waals surface area contributed by atoms with Crippen molar-refractivity contribution in [1.82, 2.24) is 0 Å². The number of methoxy groups -OCH3 is 2. The molecule has 0 aliphatic carbocycles. The van der Waals surface area contributed by atoms with E-state index < -0.39 is 28.3 Å². The first-order valence-electron chi connectivity index (χ1n) is 10.4. The third-order valence-corrected chi connectivity index (χ3v) is 6.91. The lowest BCUT2D eigenvalue weighted by Crippen LogP contribution is -2.38. The van der Waals surface area contributed by atoms with Gasteiger partial charge in [-0.1, -0.05) is 17.7 Å². The van der Waals surface area contributed by atoms with Crippen LogP contribution in [0.2, 0.25) is 5.02 Å². The normalized spacial score (nSPS) is 11.0. The van der Waals surface area contributed by atoms with E-state index in [4.69, 9.17) is 25.8 Å². The molecule has 3 aromatic rings.